The summed E-state index contributed by atoms with van der Waals surface area (Å²) in [7, 11) is 0. The molecule has 3 fully saturated rings. The van der Waals surface area contributed by atoms with Crippen LogP contribution >= 0.6 is 0 Å². The van der Waals surface area contributed by atoms with Gasteiger partial charge in [-0.3, -0.25) is 19.2 Å². The Labute approximate surface area is 181 Å². The molecule has 2 N–H and O–H groups in total. The van der Waals surface area contributed by atoms with Crippen LogP contribution in [0, 0.1) is 0 Å². The molecule has 0 aliphatic carbocycles. The van der Waals surface area contributed by atoms with Gasteiger partial charge in [0.2, 0.25) is 11.8 Å². The van der Waals surface area contributed by atoms with E-state index in [1.54, 1.807) is 4.90 Å². The first kappa shape index (κ1) is 21.3. The Hall–Kier alpha value is -2.94. The summed E-state index contributed by atoms with van der Waals surface area (Å²) in [6.45, 7) is 1.52. The fourth-order valence-electron chi connectivity index (χ4n) is 4.64. The molecule has 0 saturated carbocycles. The maximum atomic E-state index is 12.9. The number of likely N-dealkylation sites (tertiary alicyclic amines) is 2. The van der Waals surface area contributed by atoms with Gasteiger partial charge >= 0.3 is 5.97 Å². The van der Waals surface area contributed by atoms with Crippen LogP contribution in [0.15, 0.2) is 30.3 Å². The third-order valence-corrected chi connectivity index (χ3v) is 6.26. The quantitative estimate of drug-likeness (QED) is 0.460. The average molecular weight is 428 g/mol. The number of nitrogens with zero attached hydrogens (tertiary/aromatic N) is 2. The Morgan fingerprint density at radius 1 is 1.19 bits per heavy atom. The van der Waals surface area contributed by atoms with Crippen LogP contribution in [0.3, 0.4) is 0 Å². The Balaban J connectivity index is 1.21. The van der Waals surface area contributed by atoms with Gasteiger partial charge < -0.3 is 25.2 Å². The fourth-order valence-corrected chi connectivity index (χ4v) is 4.64. The predicted molar refractivity (Wildman–Crippen MR) is 111 cm³/mol. The summed E-state index contributed by atoms with van der Waals surface area (Å²) in [4.78, 5) is 52.9. The summed E-state index contributed by atoms with van der Waals surface area (Å²) in [5, 5.41) is 5.70. The molecule has 9 nitrogen and oxygen atoms in total. The van der Waals surface area contributed by atoms with Crippen LogP contribution in [0.4, 0.5) is 0 Å². The molecule has 3 saturated heterocycles. The maximum Gasteiger partial charge on any atom is 0.325 e. The Morgan fingerprint density at radius 2 is 2.00 bits per heavy atom. The molecule has 4 rings (SSSR count). The number of hydrogen-bond donors (Lipinski definition) is 2. The topological polar surface area (TPSA) is 108 Å². The summed E-state index contributed by atoms with van der Waals surface area (Å²) in [5.41, 5.74) is 0.0677. The molecule has 1 spiro atoms. The van der Waals surface area contributed by atoms with Crippen LogP contribution in [-0.4, -0.2) is 77.8 Å². The molecule has 1 aromatic rings. The lowest BCUT2D eigenvalue weighted by Crippen LogP contribution is -2.74. The van der Waals surface area contributed by atoms with Gasteiger partial charge in [0.05, 0.1) is 19.1 Å². The van der Waals surface area contributed by atoms with Crippen LogP contribution in [0.5, 0.6) is 0 Å². The van der Waals surface area contributed by atoms with E-state index in [9.17, 15) is 19.2 Å². The molecular formula is C22H28N4O5. The van der Waals surface area contributed by atoms with E-state index in [2.05, 4.69) is 10.6 Å². The van der Waals surface area contributed by atoms with Crippen LogP contribution in [0.2, 0.25) is 0 Å². The molecule has 9 heteroatoms. The first-order valence-corrected chi connectivity index (χ1v) is 10.8. The second kappa shape index (κ2) is 9.05. The average Bonchev–Trinajstić information content (AvgIpc) is 3.47. The number of esters is 1. The molecule has 0 aromatic heterocycles. The molecule has 1 aromatic carbocycles. The Morgan fingerprint density at radius 3 is 2.71 bits per heavy atom. The molecule has 2 atom stereocenters. The molecule has 31 heavy (non-hydrogen) atoms. The predicted octanol–water partition coefficient (Wildman–Crippen LogP) is -0.199. The number of benzene rings is 1. The minimum atomic E-state index is -0.795. The molecule has 3 amide bonds. The summed E-state index contributed by atoms with van der Waals surface area (Å²) >= 11 is 0. The van der Waals surface area contributed by atoms with Crippen LogP contribution in [0.25, 0.3) is 0 Å². The van der Waals surface area contributed by atoms with Crippen molar-refractivity contribution in [3.63, 3.8) is 0 Å². The summed E-state index contributed by atoms with van der Waals surface area (Å²) in [5.74, 6) is -1.15. The van der Waals surface area contributed by atoms with Crippen molar-refractivity contribution in [2.75, 3.05) is 32.7 Å². The van der Waals surface area contributed by atoms with Gasteiger partial charge in [-0.15, -0.1) is 0 Å². The van der Waals surface area contributed by atoms with Crippen LogP contribution < -0.4 is 10.6 Å². The highest BCUT2D eigenvalue weighted by molar-refractivity contribution is 6.00. The maximum absolute atomic E-state index is 12.9. The number of hydrogen-bond acceptors (Lipinski definition) is 6. The van der Waals surface area contributed by atoms with Crippen molar-refractivity contribution >= 4 is 23.7 Å². The van der Waals surface area contributed by atoms with E-state index in [1.165, 1.54) is 4.90 Å². The van der Waals surface area contributed by atoms with Crippen molar-refractivity contribution in [1.29, 1.82) is 0 Å². The van der Waals surface area contributed by atoms with E-state index in [0.717, 1.165) is 31.4 Å². The lowest BCUT2D eigenvalue weighted by molar-refractivity contribution is -0.169. The van der Waals surface area contributed by atoms with Crippen molar-refractivity contribution < 1.29 is 23.9 Å². The molecule has 0 radical (unpaired) electrons. The SMILES string of the molecule is O=C(CN1C[C@]2(CCCN2C(=O)[C@@H]2CCCN2)C1=O)NCC(=O)OCc1ccccc1. The number of carbonyl (C=O) groups is 4. The second-order valence-electron chi connectivity index (χ2n) is 8.36. The fraction of sp³-hybridized carbons (Fsp3) is 0.545. The van der Waals surface area contributed by atoms with Crippen molar-refractivity contribution in [2.24, 2.45) is 0 Å². The van der Waals surface area contributed by atoms with Gasteiger partial charge in [0, 0.05) is 6.54 Å². The van der Waals surface area contributed by atoms with Gasteiger partial charge in [-0.25, -0.2) is 0 Å². The minimum Gasteiger partial charge on any atom is -0.460 e. The normalized spacial score (nSPS) is 24.9. The largest absolute Gasteiger partial charge is 0.460 e. The first-order valence-electron chi connectivity index (χ1n) is 10.8. The number of amides is 3. The number of carbonyl (C=O) groups excluding carboxylic acids is 4. The monoisotopic (exact) mass is 428 g/mol. The summed E-state index contributed by atoms with van der Waals surface area (Å²) in [6.07, 6.45) is 3.18. The molecule has 3 aliphatic rings. The number of β-lactam (4-membered cyclic amide) rings is 1. The number of ether oxygens (including phenoxy) is 1. The Kier molecular flexibility index (Phi) is 6.22. The van der Waals surface area contributed by atoms with Gasteiger partial charge in [-0.2, -0.15) is 0 Å². The van der Waals surface area contributed by atoms with Gasteiger partial charge in [0.1, 0.15) is 18.7 Å². The highest BCUT2D eigenvalue weighted by Crippen LogP contribution is 2.39. The third-order valence-electron chi connectivity index (χ3n) is 6.26. The molecule has 3 aliphatic heterocycles. The van der Waals surface area contributed by atoms with E-state index in [-0.39, 0.29) is 37.6 Å². The van der Waals surface area contributed by atoms with Gasteiger partial charge in [-0.05, 0) is 37.8 Å². The number of rotatable bonds is 7. The smallest absolute Gasteiger partial charge is 0.325 e. The Bertz CT molecular complexity index is 855. The number of nitrogens with one attached hydrogen (secondary N) is 2. The van der Waals surface area contributed by atoms with E-state index in [0.29, 0.717) is 19.5 Å². The van der Waals surface area contributed by atoms with E-state index in [4.69, 9.17) is 4.74 Å². The molecule has 0 bridgehead atoms. The molecular weight excluding hydrogens is 400 g/mol. The van der Waals surface area contributed by atoms with Crippen molar-refractivity contribution in [1.82, 2.24) is 20.4 Å². The van der Waals surface area contributed by atoms with Crippen LogP contribution in [0.1, 0.15) is 31.2 Å². The van der Waals surface area contributed by atoms with Crippen molar-refractivity contribution in [3.05, 3.63) is 35.9 Å². The lowest BCUT2D eigenvalue weighted by Gasteiger charge is -2.51. The highest BCUT2D eigenvalue weighted by atomic mass is 16.5. The van der Waals surface area contributed by atoms with Crippen molar-refractivity contribution in [2.45, 2.75) is 43.9 Å². The van der Waals surface area contributed by atoms with Gasteiger partial charge in [-0.1, -0.05) is 30.3 Å². The zero-order valence-corrected chi connectivity index (χ0v) is 17.5. The molecule has 166 valence electrons. The standard InChI is InChI=1S/C22H28N4O5/c27-18(24-12-19(28)31-14-16-6-2-1-3-7-16)13-25-15-22(21(25)30)9-5-11-26(22)20(29)17-8-4-10-23-17/h1-3,6-7,17,23H,4-5,8-15H2,(H,24,27)/t17-,22+/m0/s1. The van der Waals surface area contributed by atoms with E-state index < -0.39 is 17.4 Å². The minimum absolute atomic E-state index is 0.00591. The molecule has 0 unspecified atom stereocenters. The summed E-state index contributed by atoms with van der Waals surface area (Å²) in [6, 6.07) is 9.06. The van der Waals surface area contributed by atoms with E-state index in [1.807, 2.05) is 30.3 Å². The second-order valence-corrected chi connectivity index (χ2v) is 8.36. The lowest BCUT2D eigenvalue weighted by atomic mass is 9.85. The zero-order valence-electron chi connectivity index (χ0n) is 17.5. The highest BCUT2D eigenvalue weighted by Gasteiger charge is 2.60. The summed E-state index contributed by atoms with van der Waals surface area (Å²) < 4.78 is 5.13. The van der Waals surface area contributed by atoms with Gasteiger partial charge in [0.15, 0.2) is 0 Å². The van der Waals surface area contributed by atoms with Crippen molar-refractivity contribution in [3.8, 4) is 0 Å². The van der Waals surface area contributed by atoms with Crippen LogP contribution in [-0.2, 0) is 30.5 Å². The zero-order chi connectivity index (χ0) is 21.8. The molecule has 3 heterocycles. The first-order chi connectivity index (χ1) is 15.0. The third kappa shape index (κ3) is 4.41. The van der Waals surface area contributed by atoms with E-state index >= 15 is 0 Å². The van der Waals surface area contributed by atoms with Gasteiger partial charge in [0.25, 0.3) is 5.91 Å².